The monoisotopic (exact) mass is 253 g/mol. The zero-order valence-electron chi connectivity index (χ0n) is 11.2. The standard InChI is InChI=1S/C12H17NO3.C2H6/c13-12(14)10-15-8-4-5-9-16-11-6-2-1-3-7-11;1-2/h1-3,6-7H,4-5,8-10H2,(H2,13,14);1-2H3. The Morgan fingerprint density at radius 2 is 1.72 bits per heavy atom. The van der Waals surface area contributed by atoms with Gasteiger partial charge in [0.1, 0.15) is 12.4 Å². The quantitative estimate of drug-likeness (QED) is 0.723. The van der Waals surface area contributed by atoms with E-state index in [2.05, 4.69) is 0 Å². The molecule has 0 spiro atoms. The number of unbranched alkanes of at least 4 members (excludes halogenated alkanes) is 1. The Morgan fingerprint density at radius 1 is 1.11 bits per heavy atom. The third kappa shape index (κ3) is 9.66. The summed E-state index contributed by atoms with van der Waals surface area (Å²) in [6, 6.07) is 9.66. The van der Waals surface area contributed by atoms with Crippen LogP contribution in [0, 0.1) is 0 Å². The minimum atomic E-state index is -0.430. The first kappa shape index (κ1) is 16.4. The summed E-state index contributed by atoms with van der Waals surface area (Å²) in [6.07, 6.45) is 1.76. The fraction of sp³-hybridized carbons (Fsp3) is 0.500. The first-order valence-corrected chi connectivity index (χ1v) is 6.33. The summed E-state index contributed by atoms with van der Waals surface area (Å²) < 4.78 is 10.5. The summed E-state index contributed by atoms with van der Waals surface area (Å²) in [5.74, 6) is 0.445. The highest BCUT2D eigenvalue weighted by atomic mass is 16.5. The maximum atomic E-state index is 10.3. The zero-order valence-corrected chi connectivity index (χ0v) is 11.2. The van der Waals surface area contributed by atoms with E-state index in [-0.39, 0.29) is 6.61 Å². The number of carbonyl (C=O) groups excluding carboxylic acids is 1. The predicted octanol–water partition coefficient (Wildman–Crippen LogP) is 2.37. The Labute approximate surface area is 109 Å². The fourth-order valence-corrected chi connectivity index (χ4v) is 1.19. The molecule has 0 saturated carbocycles. The van der Waals surface area contributed by atoms with Gasteiger partial charge in [0, 0.05) is 6.61 Å². The highest BCUT2D eigenvalue weighted by Crippen LogP contribution is 2.08. The number of para-hydroxylation sites is 1. The molecule has 0 atom stereocenters. The summed E-state index contributed by atoms with van der Waals surface area (Å²) in [6.45, 7) is 5.20. The number of ether oxygens (including phenoxy) is 2. The molecule has 4 nitrogen and oxygen atoms in total. The molecule has 0 aromatic heterocycles. The van der Waals surface area contributed by atoms with Crippen molar-refractivity contribution in [2.45, 2.75) is 26.7 Å². The average molecular weight is 253 g/mol. The van der Waals surface area contributed by atoms with Crippen LogP contribution in [0.3, 0.4) is 0 Å². The third-order valence-corrected chi connectivity index (χ3v) is 1.94. The number of nitrogens with two attached hydrogens (primary N) is 1. The van der Waals surface area contributed by atoms with Crippen molar-refractivity contribution < 1.29 is 14.3 Å². The van der Waals surface area contributed by atoms with E-state index < -0.39 is 5.91 Å². The lowest BCUT2D eigenvalue weighted by Gasteiger charge is -2.05. The van der Waals surface area contributed by atoms with Gasteiger partial charge in [-0.05, 0) is 25.0 Å². The van der Waals surface area contributed by atoms with Gasteiger partial charge in [-0.25, -0.2) is 0 Å². The van der Waals surface area contributed by atoms with Gasteiger partial charge < -0.3 is 15.2 Å². The van der Waals surface area contributed by atoms with Crippen LogP contribution in [-0.2, 0) is 9.53 Å². The number of primary amides is 1. The van der Waals surface area contributed by atoms with Crippen LogP contribution >= 0.6 is 0 Å². The average Bonchev–Trinajstić information content (AvgIpc) is 2.41. The number of amides is 1. The van der Waals surface area contributed by atoms with E-state index in [0.717, 1.165) is 18.6 Å². The van der Waals surface area contributed by atoms with Crippen molar-refractivity contribution in [1.82, 2.24) is 0 Å². The van der Waals surface area contributed by atoms with Gasteiger partial charge in [0.15, 0.2) is 0 Å². The van der Waals surface area contributed by atoms with E-state index in [4.69, 9.17) is 15.2 Å². The molecule has 0 bridgehead atoms. The van der Waals surface area contributed by atoms with E-state index in [1.807, 2.05) is 44.2 Å². The second-order valence-corrected chi connectivity index (χ2v) is 3.39. The summed E-state index contributed by atoms with van der Waals surface area (Å²) in [5, 5.41) is 0. The van der Waals surface area contributed by atoms with E-state index in [0.29, 0.717) is 13.2 Å². The van der Waals surface area contributed by atoms with Gasteiger partial charge >= 0.3 is 0 Å². The normalized spacial score (nSPS) is 9.22. The largest absolute Gasteiger partial charge is 0.494 e. The minimum Gasteiger partial charge on any atom is -0.494 e. The highest BCUT2D eigenvalue weighted by molar-refractivity contribution is 5.74. The Bertz CT molecular complexity index is 301. The molecule has 1 rings (SSSR count). The molecular formula is C14H23NO3. The van der Waals surface area contributed by atoms with Gasteiger partial charge in [0.05, 0.1) is 6.61 Å². The van der Waals surface area contributed by atoms with Crippen LogP contribution < -0.4 is 10.5 Å². The van der Waals surface area contributed by atoms with Crippen molar-refractivity contribution in [3.63, 3.8) is 0 Å². The van der Waals surface area contributed by atoms with E-state index in [9.17, 15) is 4.79 Å². The molecule has 1 aromatic carbocycles. The molecule has 0 heterocycles. The molecule has 18 heavy (non-hydrogen) atoms. The van der Waals surface area contributed by atoms with Gasteiger partial charge in [-0.3, -0.25) is 4.79 Å². The van der Waals surface area contributed by atoms with Crippen LogP contribution in [0.5, 0.6) is 5.75 Å². The molecule has 0 saturated heterocycles. The third-order valence-electron chi connectivity index (χ3n) is 1.94. The smallest absolute Gasteiger partial charge is 0.243 e. The van der Waals surface area contributed by atoms with Crippen molar-refractivity contribution >= 4 is 5.91 Å². The van der Waals surface area contributed by atoms with Crippen molar-refractivity contribution in [1.29, 1.82) is 0 Å². The Morgan fingerprint density at radius 3 is 2.33 bits per heavy atom. The summed E-state index contributed by atoms with van der Waals surface area (Å²) >= 11 is 0. The second kappa shape index (κ2) is 11.9. The molecule has 2 N–H and O–H groups in total. The lowest BCUT2D eigenvalue weighted by atomic mass is 10.3. The van der Waals surface area contributed by atoms with Crippen LogP contribution in [0.25, 0.3) is 0 Å². The first-order chi connectivity index (χ1) is 8.79. The molecule has 0 aliphatic heterocycles. The van der Waals surface area contributed by atoms with Crippen molar-refractivity contribution in [3.8, 4) is 5.75 Å². The van der Waals surface area contributed by atoms with Crippen LogP contribution in [0.15, 0.2) is 30.3 Å². The predicted molar refractivity (Wildman–Crippen MR) is 72.5 cm³/mol. The van der Waals surface area contributed by atoms with E-state index in [1.54, 1.807) is 0 Å². The molecule has 0 aliphatic rings. The van der Waals surface area contributed by atoms with Crippen molar-refractivity contribution in [2.75, 3.05) is 19.8 Å². The molecule has 1 amide bonds. The second-order valence-electron chi connectivity index (χ2n) is 3.39. The molecule has 0 unspecified atom stereocenters. The molecule has 0 radical (unpaired) electrons. The van der Waals surface area contributed by atoms with Gasteiger partial charge in [-0.2, -0.15) is 0 Å². The van der Waals surface area contributed by atoms with Crippen molar-refractivity contribution in [2.24, 2.45) is 5.73 Å². The van der Waals surface area contributed by atoms with Crippen LogP contribution in [0.4, 0.5) is 0 Å². The Hall–Kier alpha value is -1.55. The number of hydrogen-bond acceptors (Lipinski definition) is 3. The van der Waals surface area contributed by atoms with E-state index >= 15 is 0 Å². The Kier molecular flexibility index (Phi) is 10.9. The maximum absolute atomic E-state index is 10.3. The number of carbonyl (C=O) groups is 1. The first-order valence-electron chi connectivity index (χ1n) is 6.33. The maximum Gasteiger partial charge on any atom is 0.243 e. The molecule has 0 aliphatic carbocycles. The SMILES string of the molecule is CC.NC(=O)COCCCCOc1ccccc1. The van der Waals surface area contributed by atoms with E-state index in [1.165, 1.54) is 0 Å². The van der Waals surface area contributed by atoms with Crippen molar-refractivity contribution in [3.05, 3.63) is 30.3 Å². The van der Waals surface area contributed by atoms with Gasteiger partial charge in [0.2, 0.25) is 5.91 Å². The molecule has 4 heteroatoms. The van der Waals surface area contributed by atoms with Gasteiger partial charge in [0.25, 0.3) is 0 Å². The van der Waals surface area contributed by atoms with Gasteiger partial charge in [-0.15, -0.1) is 0 Å². The summed E-state index contributed by atoms with van der Waals surface area (Å²) in [4.78, 5) is 10.3. The lowest BCUT2D eigenvalue weighted by Crippen LogP contribution is -2.18. The van der Waals surface area contributed by atoms with Crippen LogP contribution in [-0.4, -0.2) is 25.7 Å². The van der Waals surface area contributed by atoms with Gasteiger partial charge in [-0.1, -0.05) is 32.0 Å². The molecule has 1 aromatic rings. The number of hydrogen-bond donors (Lipinski definition) is 1. The zero-order chi connectivity index (χ0) is 13.6. The summed E-state index contributed by atoms with van der Waals surface area (Å²) in [5.41, 5.74) is 4.92. The molecule has 102 valence electrons. The minimum absolute atomic E-state index is 0.000454. The summed E-state index contributed by atoms with van der Waals surface area (Å²) in [7, 11) is 0. The topological polar surface area (TPSA) is 61.6 Å². The number of rotatable bonds is 8. The lowest BCUT2D eigenvalue weighted by molar-refractivity contribution is -0.122. The van der Waals surface area contributed by atoms with Crippen LogP contribution in [0.1, 0.15) is 26.7 Å². The molecule has 0 fully saturated rings. The highest BCUT2D eigenvalue weighted by Gasteiger charge is 1.95. The Balaban J connectivity index is 0.00000137. The fourth-order valence-electron chi connectivity index (χ4n) is 1.19. The molecular weight excluding hydrogens is 230 g/mol. The number of benzene rings is 1. The van der Waals surface area contributed by atoms with Crippen LogP contribution in [0.2, 0.25) is 0 Å².